The molecule has 0 spiro atoms. The van der Waals surface area contributed by atoms with Gasteiger partial charge in [0, 0.05) is 32.7 Å². The zero-order valence-electron chi connectivity index (χ0n) is 17.0. The number of nitrogens with zero attached hydrogens (tertiary/aromatic N) is 3. The number of carboxylic acids is 2. The van der Waals surface area contributed by atoms with E-state index >= 15 is 0 Å². The number of rotatable bonds is 5. The zero-order valence-corrected chi connectivity index (χ0v) is 17.9. The van der Waals surface area contributed by atoms with Gasteiger partial charge in [-0.15, -0.1) is 0 Å². The Morgan fingerprint density at radius 1 is 0.938 bits per heavy atom. The Kier molecular flexibility index (Phi) is 8.86. The van der Waals surface area contributed by atoms with Crippen molar-refractivity contribution in [1.29, 1.82) is 5.26 Å². The van der Waals surface area contributed by atoms with Crippen molar-refractivity contribution in [2.45, 2.75) is 11.0 Å². The Labute approximate surface area is 185 Å². The van der Waals surface area contributed by atoms with Gasteiger partial charge in [0.1, 0.15) is 6.07 Å². The Balaban J connectivity index is 0.000000534. The lowest BCUT2D eigenvalue weighted by Crippen LogP contribution is -2.49. The SMILES string of the molecule is N#Cc1ccccc1S(=O)(=O)N1CCN(CC(O)c2ccccc2)CC1.O=C(O)C(=O)O. The average molecular weight is 461 g/mol. The van der Waals surface area contributed by atoms with Gasteiger partial charge in [-0.3, -0.25) is 4.90 Å². The molecule has 0 amide bonds. The predicted molar refractivity (Wildman–Crippen MR) is 113 cm³/mol. The first-order valence-corrected chi connectivity index (χ1v) is 11.0. The number of hydrogen-bond acceptors (Lipinski definition) is 7. The number of nitriles is 1. The number of carbonyl (C=O) groups is 2. The van der Waals surface area contributed by atoms with Gasteiger partial charge in [0.25, 0.3) is 0 Å². The van der Waals surface area contributed by atoms with Crippen LogP contribution in [0.4, 0.5) is 0 Å². The highest BCUT2D eigenvalue weighted by molar-refractivity contribution is 7.89. The van der Waals surface area contributed by atoms with Gasteiger partial charge in [0.2, 0.25) is 10.0 Å². The molecular formula is C21H23N3O7S. The minimum absolute atomic E-state index is 0.0558. The van der Waals surface area contributed by atoms with Gasteiger partial charge in [0.05, 0.1) is 16.6 Å². The van der Waals surface area contributed by atoms with Crippen LogP contribution in [0.15, 0.2) is 59.5 Å². The topological polar surface area (TPSA) is 159 Å². The van der Waals surface area contributed by atoms with Gasteiger partial charge in [-0.2, -0.15) is 9.57 Å². The third-order valence-electron chi connectivity index (χ3n) is 4.76. The summed E-state index contributed by atoms with van der Waals surface area (Å²) in [6.45, 7) is 2.22. The summed E-state index contributed by atoms with van der Waals surface area (Å²) in [4.78, 5) is 20.3. The van der Waals surface area contributed by atoms with Crippen LogP contribution in [-0.2, 0) is 19.6 Å². The molecule has 0 saturated carbocycles. The smallest absolute Gasteiger partial charge is 0.414 e. The lowest BCUT2D eigenvalue weighted by Gasteiger charge is -2.35. The van der Waals surface area contributed by atoms with E-state index < -0.39 is 28.1 Å². The molecule has 0 bridgehead atoms. The standard InChI is InChI=1S/C19H21N3O3S.C2H2O4/c20-14-17-8-4-5-9-19(17)26(24,25)22-12-10-21(11-13-22)15-18(23)16-6-2-1-3-7-16;3-1(4)2(5)6/h1-9,18,23H,10-13,15H2;(H,3,4)(H,5,6). The van der Waals surface area contributed by atoms with Gasteiger partial charge in [-0.1, -0.05) is 42.5 Å². The molecule has 1 aliphatic heterocycles. The van der Waals surface area contributed by atoms with Crippen molar-refractivity contribution < 1.29 is 33.3 Å². The molecule has 32 heavy (non-hydrogen) atoms. The number of piperazine rings is 1. The number of hydrogen-bond donors (Lipinski definition) is 3. The molecule has 1 saturated heterocycles. The van der Waals surface area contributed by atoms with Crippen LogP contribution in [-0.4, -0.2) is 77.6 Å². The van der Waals surface area contributed by atoms with E-state index in [4.69, 9.17) is 25.1 Å². The Hall–Kier alpha value is -3.30. The van der Waals surface area contributed by atoms with Crippen LogP contribution in [0.2, 0.25) is 0 Å². The Morgan fingerprint density at radius 3 is 2.00 bits per heavy atom. The second kappa shape index (κ2) is 11.4. The molecule has 2 aromatic carbocycles. The molecule has 1 aliphatic rings. The average Bonchev–Trinajstić information content (AvgIpc) is 2.80. The maximum absolute atomic E-state index is 12.8. The van der Waals surface area contributed by atoms with Crippen LogP contribution in [0.25, 0.3) is 0 Å². The Bertz CT molecular complexity index is 1060. The summed E-state index contributed by atoms with van der Waals surface area (Å²) in [5.41, 5.74) is 1.01. The van der Waals surface area contributed by atoms with Crippen LogP contribution in [0.5, 0.6) is 0 Å². The molecule has 3 N–H and O–H groups in total. The highest BCUT2D eigenvalue weighted by Crippen LogP contribution is 2.22. The molecular weight excluding hydrogens is 438 g/mol. The molecule has 1 atom stereocenters. The summed E-state index contributed by atoms with van der Waals surface area (Å²) in [5.74, 6) is -3.65. The molecule has 2 aromatic rings. The van der Waals surface area contributed by atoms with Gasteiger partial charge < -0.3 is 15.3 Å². The van der Waals surface area contributed by atoms with Gasteiger partial charge >= 0.3 is 11.9 Å². The lowest BCUT2D eigenvalue weighted by molar-refractivity contribution is -0.159. The largest absolute Gasteiger partial charge is 0.473 e. The molecule has 3 rings (SSSR count). The van der Waals surface area contributed by atoms with E-state index in [0.717, 1.165) is 5.56 Å². The molecule has 170 valence electrons. The summed E-state index contributed by atoms with van der Waals surface area (Å²) in [5, 5.41) is 34.3. The number of benzene rings is 2. The molecule has 10 nitrogen and oxygen atoms in total. The van der Waals surface area contributed by atoms with E-state index in [1.165, 1.54) is 16.4 Å². The fourth-order valence-corrected chi connectivity index (χ4v) is 4.66. The maximum atomic E-state index is 12.8. The predicted octanol–water partition coefficient (Wildman–Crippen LogP) is 0.754. The molecule has 0 aromatic heterocycles. The second-order valence-electron chi connectivity index (χ2n) is 6.85. The third kappa shape index (κ3) is 6.60. The first-order valence-electron chi connectivity index (χ1n) is 9.57. The van der Waals surface area contributed by atoms with Crippen molar-refractivity contribution in [1.82, 2.24) is 9.21 Å². The van der Waals surface area contributed by atoms with Crippen molar-refractivity contribution in [2.24, 2.45) is 0 Å². The highest BCUT2D eigenvalue weighted by atomic mass is 32.2. The summed E-state index contributed by atoms with van der Waals surface area (Å²) in [6, 6.07) is 17.6. The zero-order chi connectivity index (χ0) is 23.7. The molecule has 1 fully saturated rings. The van der Waals surface area contributed by atoms with Crippen molar-refractivity contribution in [2.75, 3.05) is 32.7 Å². The quantitative estimate of drug-likeness (QED) is 0.546. The molecule has 11 heteroatoms. The summed E-state index contributed by atoms with van der Waals surface area (Å²) in [6.07, 6.45) is -0.598. The highest BCUT2D eigenvalue weighted by Gasteiger charge is 2.30. The number of aliphatic hydroxyl groups is 1. The Morgan fingerprint density at radius 2 is 1.47 bits per heavy atom. The summed E-state index contributed by atoms with van der Waals surface area (Å²) in [7, 11) is -3.69. The van der Waals surface area contributed by atoms with Crippen molar-refractivity contribution >= 4 is 22.0 Å². The van der Waals surface area contributed by atoms with Crippen LogP contribution >= 0.6 is 0 Å². The monoisotopic (exact) mass is 461 g/mol. The normalized spacial score (nSPS) is 15.6. The molecule has 1 unspecified atom stereocenters. The fourth-order valence-electron chi connectivity index (χ4n) is 3.10. The third-order valence-corrected chi connectivity index (χ3v) is 6.71. The number of sulfonamides is 1. The van der Waals surface area contributed by atoms with Crippen LogP contribution in [0, 0.1) is 11.3 Å². The van der Waals surface area contributed by atoms with E-state index in [1.54, 1.807) is 12.1 Å². The van der Waals surface area contributed by atoms with Crippen molar-refractivity contribution in [3.63, 3.8) is 0 Å². The molecule has 1 heterocycles. The fraction of sp³-hybridized carbons (Fsp3) is 0.286. The molecule has 0 radical (unpaired) electrons. The van der Waals surface area contributed by atoms with Crippen molar-refractivity contribution in [3.8, 4) is 6.07 Å². The number of aliphatic carboxylic acids is 2. The van der Waals surface area contributed by atoms with E-state index in [0.29, 0.717) is 32.7 Å². The van der Waals surface area contributed by atoms with Crippen LogP contribution < -0.4 is 0 Å². The minimum Gasteiger partial charge on any atom is -0.473 e. The lowest BCUT2D eigenvalue weighted by atomic mass is 10.1. The van der Waals surface area contributed by atoms with E-state index in [1.807, 2.05) is 36.4 Å². The van der Waals surface area contributed by atoms with Gasteiger partial charge in [-0.25, -0.2) is 18.0 Å². The van der Waals surface area contributed by atoms with Gasteiger partial charge in [-0.05, 0) is 17.7 Å². The second-order valence-corrected chi connectivity index (χ2v) is 8.76. The van der Waals surface area contributed by atoms with Crippen molar-refractivity contribution in [3.05, 3.63) is 65.7 Å². The summed E-state index contributed by atoms with van der Waals surface area (Å²) < 4.78 is 27.1. The number of carboxylic acid groups (broad SMARTS) is 2. The van der Waals surface area contributed by atoms with Crippen LogP contribution in [0.3, 0.4) is 0 Å². The number of aliphatic hydroxyl groups excluding tert-OH is 1. The van der Waals surface area contributed by atoms with E-state index in [-0.39, 0.29) is 10.5 Å². The van der Waals surface area contributed by atoms with Gasteiger partial charge in [0.15, 0.2) is 0 Å². The van der Waals surface area contributed by atoms with E-state index in [2.05, 4.69) is 4.90 Å². The summed E-state index contributed by atoms with van der Waals surface area (Å²) >= 11 is 0. The maximum Gasteiger partial charge on any atom is 0.414 e. The first kappa shape index (κ1) is 25.0. The van der Waals surface area contributed by atoms with E-state index in [9.17, 15) is 13.5 Å². The number of β-amino-alcohol motifs (C(OH)–C–C–N with tert-alkyl or cyclic N) is 1. The first-order chi connectivity index (χ1) is 15.2. The minimum atomic E-state index is -3.69. The van der Waals surface area contributed by atoms with Crippen LogP contribution in [0.1, 0.15) is 17.2 Å². The molecule has 0 aliphatic carbocycles.